The highest BCUT2D eigenvalue weighted by Gasteiger charge is 2.10. The molecule has 0 aliphatic heterocycles. The third-order valence-electron chi connectivity index (χ3n) is 4.08. The van der Waals surface area contributed by atoms with Crippen LogP contribution in [0.2, 0.25) is 10.0 Å². The topological polar surface area (TPSA) is 111 Å². The Labute approximate surface area is 173 Å². The number of anilines is 1. The van der Waals surface area contributed by atoms with Crippen LogP contribution in [-0.2, 0) is 17.7 Å². The molecule has 0 unspecified atom stereocenters. The van der Waals surface area contributed by atoms with Crippen LogP contribution in [0.5, 0.6) is 0 Å². The van der Waals surface area contributed by atoms with Crippen LogP contribution in [0, 0.1) is 5.41 Å². The molecule has 1 aromatic carbocycles. The summed E-state index contributed by atoms with van der Waals surface area (Å²) in [5.41, 5.74) is 1.51. The average molecular weight is 427 g/mol. The first-order chi connectivity index (χ1) is 13.5. The first-order valence-electron chi connectivity index (χ1n) is 9.05. The average Bonchev–Trinajstić information content (AvgIpc) is 2.69. The van der Waals surface area contributed by atoms with Gasteiger partial charge in [-0.2, -0.15) is 0 Å². The van der Waals surface area contributed by atoms with Crippen molar-refractivity contribution in [2.45, 2.75) is 32.2 Å². The normalized spacial score (nSPS) is 10.8. The Balaban J connectivity index is 1.93. The Hall–Kier alpha value is -1.93. The summed E-state index contributed by atoms with van der Waals surface area (Å²) in [7, 11) is 0. The van der Waals surface area contributed by atoms with Crippen LogP contribution < -0.4 is 10.9 Å². The number of hydrogen-bond acceptors (Lipinski definition) is 6. The Morgan fingerprint density at radius 3 is 2.75 bits per heavy atom. The molecule has 28 heavy (non-hydrogen) atoms. The quantitative estimate of drug-likeness (QED) is 0.307. The fourth-order valence-corrected chi connectivity index (χ4v) is 2.97. The molecule has 2 rings (SSSR count). The number of aromatic amines is 1. The highest BCUT2D eigenvalue weighted by Crippen LogP contribution is 2.22. The van der Waals surface area contributed by atoms with Gasteiger partial charge in [0.25, 0.3) is 5.56 Å². The number of halogens is 2. The lowest BCUT2D eigenvalue weighted by molar-refractivity contribution is 0.0896. The standard InChI is InChI=1S/C19H24Cl2N4O3/c20-15-6-5-13(10-16(15)21)12-23-19-24-17(11-22)14(18(27)25-19)4-2-1-3-8-28-9-7-26/h5-6,10-11,22,26H,1-4,7-9,12H2,(H2,23,24,25,27). The molecule has 1 aromatic heterocycles. The van der Waals surface area contributed by atoms with Crippen LogP contribution >= 0.6 is 23.2 Å². The van der Waals surface area contributed by atoms with Crippen molar-refractivity contribution in [1.29, 1.82) is 5.41 Å². The lowest BCUT2D eigenvalue weighted by Crippen LogP contribution is -2.20. The van der Waals surface area contributed by atoms with Crippen molar-refractivity contribution in [3.05, 3.63) is 55.4 Å². The van der Waals surface area contributed by atoms with E-state index in [4.69, 9.17) is 38.5 Å². The Kier molecular flexibility index (Phi) is 9.43. The second kappa shape index (κ2) is 11.8. The van der Waals surface area contributed by atoms with Gasteiger partial charge < -0.3 is 20.6 Å². The van der Waals surface area contributed by atoms with E-state index in [2.05, 4.69) is 15.3 Å². The van der Waals surface area contributed by atoms with E-state index in [1.165, 1.54) is 0 Å². The van der Waals surface area contributed by atoms with E-state index in [0.717, 1.165) is 31.0 Å². The highest BCUT2D eigenvalue weighted by atomic mass is 35.5. The summed E-state index contributed by atoms with van der Waals surface area (Å²) in [6, 6.07) is 5.28. The van der Waals surface area contributed by atoms with E-state index >= 15 is 0 Å². The van der Waals surface area contributed by atoms with Crippen molar-refractivity contribution in [2.24, 2.45) is 0 Å². The third-order valence-corrected chi connectivity index (χ3v) is 4.82. The van der Waals surface area contributed by atoms with Crippen molar-refractivity contribution in [3.8, 4) is 0 Å². The maximum absolute atomic E-state index is 12.4. The predicted molar refractivity (Wildman–Crippen MR) is 112 cm³/mol. The maximum atomic E-state index is 12.4. The molecule has 0 aliphatic carbocycles. The van der Waals surface area contributed by atoms with E-state index in [9.17, 15) is 4.79 Å². The van der Waals surface area contributed by atoms with E-state index < -0.39 is 0 Å². The van der Waals surface area contributed by atoms with Crippen molar-refractivity contribution in [2.75, 3.05) is 25.1 Å². The number of nitrogens with zero attached hydrogens (tertiary/aromatic N) is 1. The SMILES string of the molecule is N=Cc1nc(NCc2ccc(Cl)c(Cl)c2)[nH]c(=O)c1CCCCCOCCO. The van der Waals surface area contributed by atoms with E-state index in [0.29, 0.717) is 53.4 Å². The fourth-order valence-electron chi connectivity index (χ4n) is 2.64. The molecule has 0 spiro atoms. The number of benzene rings is 1. The minimum absolute atomic E-state index is 0.0230. The Morgan fingerprint density at radius 2 is 2.04 bits per heavy atom. The molecule has 2 aromatic rings. The number of rotatable bonds is 12. The molecule has 0 saturated carbocycles. The van der Waals surface area contributed by atoms with Gasteiger partial charge in [0.1, 0.15) is 0 Å². The largest absolute Gasteiger partial charge is 0.394 e. The number of aliphatic hydroxyl groups is 1. The summed E-state index contributed by atoms with van der Waals surface area (Å²) in [6.45, 7) is 1.36. The summed E-state index contributed by atoms with van der Waals surface area (Å²) in [5, 5.41) is 20.2. The van der Waals surface area contributed by atoms with Crippen LogP contribution in [0.4, 0.5) is 5.95 Å². The van der Waals surface area contributed by atoms with Gasteiger partial charge in [-0.15, -0.1) is 0 Å². The van der Waals surface area contributed by atoms with Gasteiger partial charge in [-0.05, 0) is 37.0 Å². The van der Waals surface area contributed by atoms with Crippen molar-refractivity contribution in [1.82, 2.24) is 9.97 Å². The fraction of sp³-hybridized carbons (Fsp3) is 0.421. The molecule has 0 amide bonds. The monoisotopic (exact) mass is 426 g/mol. The van der Waals surface area contributed by atoms with Gasteiger partial charge in [0.05, 0.1) is 29.0 Å². The number of aromatic nitrogens is 2. The summed E-state index contributed by atoms with van der Waals surface area (Å²) >= 11 is 11.9. The second-order valence-electron chi connectivity index (χ2n) is 6.17. The number of nitrogens with one attached hydrogen (secondary N) is 3. The van der Waals surface area contributed by atoms with E-state index in [-0.39, 0.29) is 12.2 Å². The van der Waals surface area contributed by atoms with E-state index in [1.807, 2.05) is 6.07 Å². The predicted octanol–water partition coefficient (Wildman–Crippen LogP) is 3.41. The van der Waals surface area contributed by atoms with Gasteiger partial charge in [-0.1, -0.05) is 35.7 Å². The summed E-state index contributed by atoms with van der Waals surface area (Å²) < 4.78 is 5.21. The second-order valence-corrected chi connectivity index (χ2v) is 6.99. The van der Waals surface area contributed by atoms with E-state index in [1.54, 1.807) is 12.1 Å². The minimum atomic E-state index is -0.248. The number of unbranched alkanes of at least 4 members (excludes halogenated alkanes) is 2. The number of hydrogen-bond donors (Lipinski definition) is 4. The molecule has 0 fully saturated rings. The molecular weight excluding hydrogens is 403 g/mol. The van der Waals surface area contributed by atoms with Crippen LogP contribution in [-0.4, -0.2) is 41.1 Å². The molecule has 0 radical (unpaired) electrons. The zero-order valence-corrected chi connectivity index (χ0v) is 16.9. The van der Waals surface area contributed by atoms with Gasteiger partial charge in [-0.25, -0.2) is 4.98 Å². The third kappa shape index (κ3) is 6.91. The summed E-state index contributed by atoms with van der Waals surface area (Å²) in [4.78, 5) is 19.5. The zero-order valence-electron chi connectivity index (χ0n) is 15.4. The van der Waals surface area contributed by atoms with Crippen LogP contribution in [0.15, 0.2) is 23.0 Å². The van der Waals surface area contributed by atoms with Gasteiger partial charge in [0, 0.05) is 24.9 Å². The molecule has 0 atom stereocenters. The smallest absolute Gasteiger partial charge is 0.256 e. The molecule has 1 heterocycles. The summed E-state index contributed by atoms with van der Waals surface area (Å²) in [6.07, 6.45) is 4.18. The first kappa shape index (κ1) is 22.4. The van der Waals surface area contributed by atoms with Crippen molar-refractivity contribution >= 4 is 35.4 Å². The van der Waals surface area contributed by atoms with Crippen LogP contribution in [0.25, 0.3) is 0 Å². The highest BCUT2D eigenvalue weighted by molar-refractivity contribution is 6.42. The van der Waals surface area contributed by atoms with Crippen LogP contribution in [0.1, 0.15) is 36.1 Å². The van der Waals surface area contributed by atoms with Crippen molar-refractivity contribution in [3.63, 3.8) is 0 Å². The molecule has 4 N–H and O–H groups in total. The van der Waals surface area contributed by atoms with Gasteiger partial charge in [0.2, 0.25) is 5.95 Å². The number of H-pyrrole nitrogens is 1. The van der Waals surface area contributed by atoms with Gasteiger partial charge in [-0.3, -0.25) is 9.78 Å². The molecule has 0 saturated heterocycles. The molecule has 7 nitrogen and oxygen atoms in total. The maximum Gasteiger partial charge on any atom is 0.256 e. The lowest BCUT2D eigenvalue weighted by Gasteiger charge is -2.10. The number of ether oxygens (including phenoxy) is 1. The molecule has 0 aliphatic rings. The molecular formula is C19H24Cl2N4O3. The van der Waals surface area contributed by atoms with Crippen LogP contribution in [0.3, 0.4) is 0 Å². The molecule has 0 bridgehead atoms. The first-order valence-corrected chi connectivity index (χ1v) is 9.80. The van der Waals surface area contributed by atoms with Crippen molar-refractivity contribution < 1.29 is 9.84 Å². The van der Waals surface area contributed by atoms with Gasteiger partial charge >= 0.3 is 0 Å². The minimum Gasteiger partial charge on any atom is -0.394 e. The zero-order chi connectivity index (χ0) is 20.4. The molecule has 9 heteroatoms. The Morgan fingerprint density at radius 1 is 1.21 bits per heavy atom. The van der Waals surface area contributed by atoms with Gasteiger partial charge in [0.15, 0.2) is 0 Å². The number of aliphatic hydroxyl groups excluding tert-OH is 1. The lowest BCUT2D eigenvalue weighted by atomic mass is 10.1. The molecule has 152 valence electrons. The summed E-state index contributed by atoms with van der Waals surface area (Å²) in [5.74, 6) is 0.302. The Bertz CT molecular complexity index is 842.